The van der Waals surface area contributed by atoms with Crippen LogP contribution in [0.4, 0.5) is 17.1 Å². The van der Waals surface area contributed by atoms with Crippen molar-refractivity contribution in [1.29, 1.82) is 0 Å². The third-order valence-electron chi connectivity index (χ3n) is 12.1. The van der Waals surface area contributed by atoms with Crippen molar-refractivity contribution >= 4 is 49.8 Å². The normalized spacial score (nSPS) is 12.9. The third kappa shape index (κ3) is 5.25. The Morgan fingerprint density at radius 2 is 0.930 bits per heavy atom. The van der Waals surface area contributed by atoms with E-state index in [2.05, 4.69) is 213 Å². The average Bonchev–Trinajstić information content (AvgIpc) is 3.77. The molecule has 1 aliphatic carbocycles. The van der Waals surface area contributed by atoms with Gasteiger partial charge in [0.15, 0.2) is 0 Å². The van der Waals surface area contributed by atoms with E-state index >= 15 is 0 Å². The van der Waals surface area contributed by atoms with Crippen LogP contribution in [0.2, 0.25) is 0 Å². The van der Waals surface area contributed by atoms with E-state index in [0.717, 1.165) is 44.6 Å². The highest BCUT2D eigenvalue weighted by Gasteiger charge is 2.40. The summed E-state index contributed by atoms with van der Waals surface area (Å²) in [6, 6.07) is 72.5. The van der Waals surface area contributed by atoms with Gasteiger partial charge in [0.25, 0.3) is 0 Å². The van der Waals surface area contributed by atoms with E-state index in [9.17, 15) is 0 Å². The Labute approximate surface area is 332 Å². The summed E-state index contributed by atoms with van der Waals surface area (Å²) in [6.07, 6.45) is 0. The van der Waals surface area contributed by atoms with Gasteiger partial charge in [-0.2, -0.15) is 0 Å². The quantitative estimate of drug-likeness (QED) is 0.169. The summed E-state index contributed by atoms with van der Waals surface area (Å²) in [5.74, 6) is 0. The zero-order valence-electron chi connectivity index (χ0n) is 31.9. The van der Waals surface area contributed by atoms with Gasteiger partial charge in [0.2, 0.25) is 0 Å². The first-order valence-electron chi connectivity index (χ1n) is 19.8. The topological polar surface area (TPSA) is 16.4 Å². The Morgan fingerprint density at radius 3 is 1.58 bits per heavy atom. The Balaban J connectivity index is 1.16. The molecular weight excluding hydrogens is 691 g/mol. The third-order valence-corrected chi connectivity index (χ3v) is 12.1. The highest BCUT2D eigenvalue weighted by molar-refractivity contribution is 6.15. The van der Waals surface area contributed by atoms with Gasteiger partial charge in [-0.25, -0.2) is 0 Å². The van der Waals surface area contributed by atoms with Crippen molar-refractivity contribution in [2.75, 3.05) is 4.90 Å². The standard InChI is InChI=1S/C55H39NO/c1-55(2)49-24-14-25-50(56(40-31-27-38(28-32-40)36-15-5-3-6-16-36)41-33-29-39(30-34-41)37-17-7-4-8-18-37)52(49)48-35-47(42-19-9-10-21-44(42)53(48)55)46-23-13-22-45-43-20-11-12-26-51(43)57-54(45)46/h3-35H,1-2H3. The van der Waals surface area contributed by atoms with E-state index < -0.39 is 0 Å². The molecule has 0 fully saturated rings. The number of para-hydroxylation sites is 2. The van der Waals surface area contributed by atoms with E-state index in [1.54, 1.807) is 0 Å². The van der Waals surface area contributed by atoms with Crippen LogP contribution in [0.3, 0.4) is 0 Å². The molecule has 0 aliphatic heterocycles. The molecule has 10 aromatic rings. The predicted molar refractivity (Wildman–Crippen MR) is 240 cm³/mol. The Hall–Kier alpha value is -7.16. The molecule has 0 spiro atoms. The highest BCUT2D eigenvalue weighted by atomic mass is 16.3. The lowest BCUT2D eigenvalue weighted by atomic mass is 9.79. The molecular formula is C55H39NO. The summed E-state index contributed by atoms with van der Waals surface area (Å²) in [5, 5.41) is 4.78. The molecule has 0 bridgehead atoms. The molecule has 2 nitrogen and oxygen atoms in total. The highest BCUT2D eigenvalue weighted by Crippen LogP contribution is 2.57. The molecule has 1 heterocycles. The molecule has 0 unspecified atom stereocenters. The van der Waals surface area contributed by atoms with Crippen molar-refractivity contribution in [3.63, 3.8) is 0 Å². The molecule has 57 heavy (non-hydrogen) atoms. The molecule has 2 heteroatoms. The second kappa shape index (κ2) is 13.0. The molecule has 9 aromatic carbocycles. The summed E-state index contributed by atoms with van der Waals surface area (Å²) in [5.41, 5.74) is 17.3. The van der Waals surface area contributed by atoms with Gasteiger partial charge in [0.1, 0.15) is 11.2 Å². The molecule has 0 atom stereocenters. The van der Waals surface area contributed by atoms with Crippen molar-refractivity contribution in [3.05, 3.63) is 211 Å². The van der Waals surface area contributed by atoms with E-state index in [-0.39, 0.29) is 5.41 Å². The van der Waals surface area contributed by atoms with Crippen LogP contribution in [0.25, 0.3) is 77.2 Å². The van der Waals surface area contributed by atoms with Gasteiger partial charge in [-0.1, -0.05) is 172 Å². The summed E-state index contributed by atoms with van der Waals surface area (Å²) in [6.45, 7) is 4.78. The van der Waals surface area contributed by atoms with Gasteiger partial charge in [-0.3, -0.25) is 0 Å². The van der Waals surface area contributed by atoms with Crippen LogP contribution in [0.5, 0.6) is 0 Å². The first-order chi connectivity index (χ1) is 28.0. The van der Waals surface area contributed by atoms with E-state index in [0.29, 0.717) is 0 Å². The first kappa shape index (κ1) is 33.2. The lowest BCUT2D eigenvalue weighted by molar-refractivity contribution is 0.666. The molecule has 270 valence electrons. The van der Waals surface area contributed by atoms with E-state index in [1.165, 1.54) is 60.8 Å². The van der Waals surface area contributed by atoms with Crippen molar-refractivity contribution in [1.82, 2.24) is 0 Å². The molecule has 0 radical (unpaired) electrons. The van der Waals surface area contributed by atoms with Gasteiger partial charge in [0.05, 0.1) is 5.69 Å². The maximum Gasteiger partial charge on any atom is 0.143 e. The van der Waals surface area contributed by atoms with Crippen molar-refractivity contribution in [3.8, 4) is 44.5 Å². The Kier molecular flexibility index (Phi) is 7.55. The monoisotopic (exact) mass is 729 g/mol. The van der Waals surface area contributed by atoms with E-state index in [1.807, 2.05) is 6.07 Å². The number of benzene rings is 9. The van der Waals surface area contributed by atoms with Crippen LogP contribution in [-0.4, -0.2) is 0 Å². The number of hydrogen-bond donors (Lipinski definition) is 0. The maximum atomic E-state index is 6.67. The van der Waals surface area contributed by atoms with Crippen LogP contribution >= 0.6 is 0 Å². The minimum absolute atomic E-state index is 0.246. The molecule has 0 amide bonds. The van der Waals surface area contributed by atoms with Gasteiger partial charge in [0, 0.05) is 38.7 Å². The van der Waals surface area contributed by atoms with Crippen LogP contribution in [0, 0.1) is 0 Å². The second-order valence-corrected chi connectivity index (χ2v) is 15.7. The fourth-order valence-electron chi connectivity index (χ4n) is 9.39. The SMILES string of the molecule is CC1(C)c2cccc(N(c3ccc(-c4ccccc4)cc3)c3ccc(-c4ccccc4)cc3)c2-c2cc(-c3cccc4c3oc3ccccc34)c3ccccc3c21. The summed E-state index contributed by atoms with van der Waals surface area (Å²) in [4.78, 5) is 2.45. The minimum atomic E-state index is -0.246. The van der Waals surface area contributed by atoms with Gasteiger partial charge < -0.3 is 9.32 Å². The fraction of sp³-hybridized carbons (Fsp3) is 0.0545. The Morgan fingerprint density at radius 1 is 0.404 bits per heavy atom. The number of furan rings is 1. The smallest absolute Gasteiger partial charge is 0.143 e. The molecule has 11 rings (SSSR count). The number of anilines is 3. The lowest BCUT2D eigenvalue weighted by Gasteiger charge is -2.29. The Bertz CT molecular complexity index is 3040. The minimum Gasteiger partial charge on any atom is -0.455 e. The zero-order chi connectivity index (χ0) is 38.1. The van der Waals surface area contributed by atoms with Gasteiger partial charge >= 0.3 is 0 Å². The van der Waals surface area contributed by atoms with Crippen molar-refractivity contribution < 1.29 is 4.42 Å². The average molecular weight is 730 g/mol. The molecule has 0 saturated carbocycles. The second-order valence-electron chi connectivity index (χ2n) is 15.7. The van der Waals surface area contributed by atoms with Crippen LogP contribution in [-0.2, 0) is 5.41 Å². The fourth-order valence-corrected chi connectivity index (χ4v) is 9.39. The summed E-state index contributed by atoms with van der Waals surface area (Å²) < 4.78 is 6.67. The number of rotatable bonds is 6. The van der Waals surface area contributed by atoms with Crippen LogP contribution in [0.1, 0.15) is 25.0 Å². The molecule has 1 aromatic heterocycles. The lowest BCUT2D eigenvalue weighted by Crippen LogP contribution is -2.16. The summed E-state index contributed by atoms with van der Waals surface area (Å²) >= 11 is 0. The number of fused-ring (bicyclic) bond motifs is 8. The van der Waals surface area contributed by atoms with Crippen molar-refractivity contribution in [2.45, 2.75) is 19.3 Å². The maximum absolute atomic E-state index is 6.67. The zero-order valence-corrected chi connectivity index (χ0v) is 31.9. The largest absolute Gasteiger partial charge is 0.455 e. The van der Waals surface area contributed by atoms with Gasteiger partial charge in [-0.05, 0) is 97.7 Å². The van der Waals surface area contributed by atoms with Gasteiger partial charge in [-0.15, -0.1) is 0 Å². The molecule has 0 saturated heterocycles. The number of hydrogen-bond acceptors (Lipinski definition) is 2. The predicted octanol–water partition coefficient (Wildman–Crippen LogP) is 15.5. The van der Waals surface area contributed by atoms with Crippen molar-refractivity contribution in [2.24, 2.45) is 0 Å². The number of nitrogens with zero attached hydrogens (tertiary/aromatic N) is 1. The van der Waals surface area contributed by atoms with Crippen LogP contribution < -0.4 is 4.90 Å². The molecule has 0 N–H and O–H groups in total. The van der Waals surface area contributed by atoms with E-state index in [4.69, 9.17) is 4.42 Å². The molecule has 1 aliphatic rings. The summed E-state index contributed by atoms with van der Waals surface area (Å²) in [7, 11) is 0. The van der Waals surface area contributed by atoms with Crippen LogP contribution in [0.15, 0.2) is 205 Å². The first-order valence-corrected chi connectivity index (χ1v) is 19.8.